The quantitative estimate of drug-likeness (QED) is 0.713. The average molecular weight is 413 g/mol. The van der Waals surface area contributed by atoms with Crippen LogP contribution in [0.2, 0.25) is 0 Å². The summed E-state index contributed by atoms with van der Waals surface area (Å²) in [4.78, 5) is 22.4. The average Bonchev–Trinajstić information content (AvgIpc) is 3.00. The smallest absolute Gasteiger partial charge is 0.261 e. The van der Waals surface area contributed by atoms with Gasteiger partial charge in [-0.15, -0.1) is 0 Å². The molecule has 29 heavy (non-hydrogen) atoms. The predicted octanol–water partition coefficient (Wildman–Crippen LogP) is 4.05. The second kappa shape index (κ2) is 7.72. The van der Waals surface area contributed by atoms with Crippen molar-refractivity contribution in [3.63, 3.8) is 0 Å². The lowest BCUT2D eigenvalue weighted by Gasteiger charge is -2.42. The molecule has 0 atom stereocenters. The van der Waals surface area contributed by atoms with E-state index in [2.05, 4.69) is 11.8 Å². The van der Waals surface area contributed by atoms with Gasteiger partial charge in [0.05, 0.1) is 0 Å². The van der Waals surface area contributed by atoms with Crippen LogP contribution in [0.25, 0.3) is 0 Å². The van der Waals surface area contributed by atoms with Gasteiger partial charge in [-0.3, -0.25) is 14.7 Å². The molecule has 0 N–H and O–H groups in total. The number of piperidine rings is 1. The van der Waals surface area contributed by atoms with E-state index in [4.69, 9.17) is 17.2 Å². The lowest BCUT2D eigenvalue weighted by atomic mass is 9.95. The molecule has 2 aliphatic heterocycles. The molecule has 2 aromatic carbocycles. The van der Waals surface area contributed by atoms with Gasteiger partial charge in [0.25, 0.3) is 5.91 Å². The van der Waals surface area contributed by atoms with Crippen LogP contribution >= 0.6 is 12.2 Å². The minimum Gasteiger partial charge on any atom is -0.303 e. The van der Waals surface area contributed by atoms with Crippen molar-refractivity contribution in [1.82, 2.24) is 9.80 Å². The Morgan fingerprint density at radius 2 is 1.79 bits per heavy atom. The third kappa shape index (κ3) is 3.60. The topological polar surface area (TPSA) is 35.9 Å². The predicted molar refractivity (Wildman–Crippen MR) is 112 cm³/mol. The molecular formula is C22H21F2N3OS. The van der Waals surface area contributed by atoms with Gasteiger partial charge < -0.3 is 4.90 Å². The van der Waals surface area contributed by atoms with E-state index in [1.54, 1.807) is 23.1 Å². The molecule has 4 nitrogen and oxygen atoms in total. The first kappa shape index (κ1) is 19.8. The first-order valence-electron chi connectivity index (χ1n) is 9.66. The van der Waals surface area contributed by atoms with Gasteiger partial charge in [0.15, 0.2) is 0 Å². The minimum absolute atomic E-state index is 0.236. The maximum absolute atomic E-state index is 13.7. The standard InChI is InChI=1S/C22H21F2N3OS/c1-2-26-12-10-22(11-13-26)25-19(15-6-8-17(23)9-7-15)21(29)27(22)20(28)16-4-3-5-18(24)14-16/h3-9,14H,2,10-13H2,1H3. The highest BCUT2D eigenvalue weighted by atomic mass is 32.1. The van der Waals surface area contributed by atoms with Crippen molar-refractivity contribution >= 4 is 28.8 Å². The van der Waals surface area contributed by atoms with Crippen LogP contribution in [0.4, 0.5) is 8.78 Å². The zero-order chi connectivity index (χ0) is 20.6. The van der Waals surface area contributed by atoms with Crippen LogP contribution in [-0.2, 0) is 0 Å². The van der Waals surface area contributed by atoms with Crippen molar-refractivity contribution in [2.75, 3.05) is 19.6 Å². The van der Waals surface area contributed by atoms with Gasteiger partial charge in [-0.1, -0.05) is 25.2 Å². The number of aliphatic imine (C=N–C) groups is 1. The molecule has 1 amide bonds. The van der Waals surface area contributed by atoms with E-state index in [0.29, 0.717) is 29.1 Å². The first-order valence-corrected chi connectivity index (χ1v) is 10.1. The van der Waals surface area contributed by atoms with E-state index < -0.39 is 11.5 Å². The van der Waals surface area contributed by atoms with Crippen LogP contribution in [-0.4, -0.2) is 51.7 Å². The van der Waals surface area contributed by atoms with Crippen molar-refractivity contribution in [3.8, 4) is 0 Å². The summed E-state index contributed by atoms with van der Waals surface area (Å²) in [6, 6.07) is 11.5. The Hall–Kier alpha value is -2.51. The number of hydrogen-bond donors (Lipinski definition) is 0. The monoisotopic (exact) mass is 413 g/mol. The molecule has 4 rings (SSSR count). The number of carbonyl (C=O) groups excluding carboxylic acids is 1. The SMILES string of the molecule is CCN1CCC2(CC1)N=C(c1ccc(F)cc1)C(=S)N2C(=O)c1cccc(F)c1. The molecule has 0 aromatic heterocycles. The number of hydrogen-bond acceptors (Lipinski definition) is 4. The second-order valence-corrected chi connectivity index (χ2v) is 7.73. The third-order valence-corrected chi connectivity index (χ3v) is 6.01. The van der Waals surface area contributed by atoms with Crippen LogP contribution in [0.1, 0.15) is 35.7 Å². The molecule has 1 saturated heterocycles. The highest BCUT2D eigenvalue weighted by Gasteiger charge is 2.50. The van der Waals surface area contributed by atoms with Crippen molar-refractivity contribution in [1.29, 1.82) is 0 Å². The van der Waals surface area contributed by atoms with Crippen molar-refractivity contribution in [2.45, 2.75) is 25.4 Å². The molecule has 0 unspecified atom stereocenters. The summed E-state index contributed by atoms with van der Waals surface area (Å²) in [5, 5.41) is 0. The Labute approximate surface area is 173 Å². The Bertz CT molecular complexity index is 982. The van der Waals surface area contributed by atoms with Crippen molar-refractivity contribution < 1.29 is 13.6 Å². The van der Waals surface area contributed by atoms with Crippen molar-refractivity contribution in [3.05, 3.63) is 71.3 Å². The normalized spacial score (nSPS) is 18.9. The number of halogens is 2. The van der Waals surface area contributed by atoms with E-state index in [1.165, 1.54) is 30.3 Å². The van der Waals surface area contributed by atoms with Gasteiger partial charge in [0.2, 0.25) is 0 Å². The number of carbonyl (C=O) groups is 1. The van der Waals surface area contributed by atoms with Crippen LogP contribution in [0.15, 0.2) is 53.5 Å². The van der Waals surface area contributed by atoms with Gasteiger partial charge >= 0.3 is 0 Å². The Kier molecular flexibility index (Phi) is 5.27. The summed E-state index contributed by atoms with van der Waals surface area (Å²) in [5.74, 6) is -1.19. The number of likely N-dealkylation sites (tertiary alicyclic amines) is 1. The number of amides is 1. The summed E-state index contributed by atoms with van der Waals surface area (Å²) in [5.41, 5.74) is 0.619. The fourth-order valence-corrected chi connectivity index (χ4v) is 4.41. The summed E-state index contributed by atoms with van der Waals surface area (Å²) in [7, 11) is 0. The molecule has 1 spiro atoms. The maximum atomic E-state index is 13.7. The van der Waals surface area contributed by atoms with Gasteiger partial charge in [-0.25, -0.2) is 8.78 Å². The minimum atomic E-state index is -0.796. The molecule has 0 radical (unpaired) electrons. The van der Waals surface area contributed by atoms with Crippen LogP contribution in [0, 0.1) is 11.6 Å². The molecule has 0 saturated carbocycles. The number of benzene rings is 2. The van der Waals surface area contributed by atoms with E-state index >= 15 is 0 Å². The Morgan fingerprint density at radius 1 is 1.10 bits per heavy atom. The number of nitrogens with zero attached hydrogens (tertiary/aromatic N) is 3. The fourth-order valence-electron chi connectivity index (χ4n) is 3.99. The summed E-state index contributed by atoms with van der Waals surface area (Å²) >= 11 is 5.67. The van der Waals surface area contributed by atoms with Crippen LogP contribution in [0.5, 0.6) is 0 Å². The third-order valence-electron chi connectivity index (χ3n) is 5.64. The molecule has 2 aliphatic rings. The van der Waals surface area contributed by atoms with Gasteiger partial charge in [0, 0.05) is 37.1 Å². The van der Waals surface area contributed by atoms with E-state index in [9.17, 15) is 13.6 Å². The van der Waals surface area contributed by atoms with Gasteiger partial charge in [-0.2, -0.15) is 0 Å². The summed E-state index contributed by atoms with van der Waals surface area (Å²) in [6.45, 7) is 4.59. The zero-order valence-corrected chi connectivity index (χ0v) is 16.9. The molecular weight excluding hydrogens is 392 g/mol. The van der Waals surface area contributed by atoms with Crippen molar-refractivity contribution in [2.24, 2.45) is 4.99 Å². The summed E-state index contributed by atoms with van der Waals surface area (Å²) < 4.78 is 27.1. The molecule has 2 heterocycles. The van der Waals surface area contributed by atoms with E-state index in [1.807, 2.05) is 0 Å². The molecule has 150 valence electrons. The largest absolute Gasteiger partial charge is 0.303 e. The Morgan fingerprint density at radius 3 is 2.41 bits per heavy atom. The Balaban J connectivity index is 1.75. The summed E-state index contributed by atoms with van der Waals surface area (Å²) in [6.07, 6.45) is 1.26. The maximum Gasteiger partial charge on any atom is 0.261 e. The number of rotatable bonds is 3. The lowest BCUT2D eigenvalue weighted by molar-refractivity contribution is 0.0544. The lowest BCUT2D eigenvalue weighted by Crippen LogP contribution is -2.55. The highest BCUT2D eigenvalue weighted by molar-refractivity contribution is 7.82. The van der Waals surface area contributed by atoms with Gasteiger partial charge in [0.1, 0.15) is 28.0 Å². The number of thiocarbonyl (C=S) groups is 1. The van der Waals surface area contributed by atoms with Gasteiger partial charge in [-0.05, 0) is 49.0 Å². The first-order chi connectivity index (χ1) is 13.9. The zero-order valence-electron chi connectivity index (χ0n) is 16.1. The van der Waals surface area contributed by atoms with E-state index in [0.717, 1.165) is 19.6 Å². The molecule has 7 heteroatoms. The molecule has 2 aromatic rings. The molecule has 0 bridgehead atoms. The van der Waals surface area contributed by atoms with Crippen LogP contribution < -0.4 is 0 Å². The van der Waals surface area contributed by atoms with E-state index in [-0.39, 0.29) is 17.3 Å². The van der Waals surface area contributed by atoms with Crippen LogP contribution in [0.3, 0.4) is 0 Å². The molecule has 0 aliphatic carbocycles. The second-order valence-electron chi connectivity index (χ2n) is 7.34. The molecule has 1 fully saturated rings. The highest BCUT2D eigenvalue weighted by Crippen LogP contribution is 2.38. The fraction of sp³-hybridized carbons (Fsp3) is 0.318.